The Balaban J connectivity index is 2.26. The molecule has 0 amide bonds. The van der Waals surface area contributed by atoms with E-state index in [1.807, 2.05) is 19.2 Å². The third-order valence-corrected chi connectivity index (χ3v) is 4.82. The van der Waals surface area contributed by atoms with Crippen molar-refractivity contribution in [2.24, 2.45) is 11.3 Å². The van der Waals surface area contributed by atoms with Crippen LogP contribution in [0.15, 0.2) is 18.3 Å². The van der Waals surface area contributed by atoms with E-state index in [0.717, 1.165) is 36.9 Å². The summed E-state index contributed by atoms with van der Waals surface area (Å²) < 4.78 is 5.94. The number of hydrogen-bond donors (Lipinski definition) is 2. The molecule has 2 rings (SSSR count). The van der Waals surface area contributed by atoms with Crippen LogP contribution in [0, 0.1) is 12.3 Å². The second-order valence-electron chi connectivity index (χ2n) is 6.77. The Morgan fingerprint density at radius 2 is 1.90 bits per heavy atom. The van der Waals surface area contributed by atoms with Crippen LogP contribution in [-0.4, -0.2) is 17.7 Å². The van der Waals surface area contributed by atoms with Gasteiger partial charge in [0, 0.05) is 19.0 Å². The van der Waals surface area contributed by atoms with Crippen LogP contribution in [0.25, 0.3) is 0 Å². The number of ether oxygens (including phenoxy) is 1. The molecular weight excluding hydrogens is 250 g/mol. The van der Waals surface area contributed by atoms with E-state index in [2.05, 4.69) is 30.3 Å². The van der Waals surface area contributed by atoms with Crippen LogP contribution >= 0.6 is 0 Å². The Hall–Kier alpha value is -0.970. The lowest BCUT2D eigenvalue weighted by atomic mass is 9.67. The Morgan fingerprint density at radius 1 is 1.25 bits per heavy atom. The number of hydrazine groups is 1. The molecule has 1 aliphatic rings. The predicted molar refractivity (Wildman–Crippen MR) is 81.0 cm³/mol. The first-order chi connectivity index (χ1) is 9.42. The molecule has 4 nitrogen and oxygen atoms in total. The van der Waals surface area contributed by atoms with E-state index in [4.69, 9.17) is 10.6 Å². The van der Waals surface area contributed by atoms with Crippen molar-refractivity contribution in [3.8, 4) is 0 Å². The Kier molecular flexibility index (Phi) is 4.47. The molecule has 1 atom stereocenters. The number of pyridine rings is 1. The van der Waals surface area contributed by atoms with Gasteiger partial charge in [0.1, 0.15) is 0 Å². The van der Waals surface area contributed by atoms with Gasteiger partial charge in [0.05, 0.1) is 11.6 Å². The highest BCUT2D eigenvalue weighted by molar-refractivity contribution is 5.21. The summed E-state index contributed by atoms with van der Waals surface area (Å²) in [7, 11) is 1.80. The highest BCUT2D eigenvalue weighted by atomic mass is 16.5. The fourth-order valence-corrected chi connectivity index (χ4v) is 3.16. The lowest BCUT2D eigenvalue weighted by molar-refractivity contribution is -0.0878. The predicted octanol–water partition coefficient (Wildman–Crippen LogP) is 2.88. The molecule has 1 saturated carbocycles. The second kappa shape index (κ2) is 5.80. The van der Waals surface area contributed by atoms with Crippen LogP contribution in [0.5, 0.6) is 0 Å². The van der Waals surface area contributed by atoms with Crippen molar-refractivity contribution in [2.75, 3.05) is 7.11 Å². The van der Waals surface area contributed by atoms with E-state index < -0.39 is 0 Å². The van der Waals surface area contributed by atoms with Crippen molar-refractivity contribution in [3.05, 3.63) is 29.6 Å². The molecular formula is C16H27N3O. The number of aryl methyl sites for hydroxylation is 1. The highest BCUT2D eigenvalue weighted by Crippen LogP contribution is 2.47. The molecule has 1 fully saturated rings. The van der Waals surface area contributed by atoms with Gasteiger partial charge in [-0.1, -0.05) is 19.9 Å². The van der Waals surface area contributed by atoms with Crippen molar-refractivity contribution in [2.45, 2.75) is 58.1 Å². The van der Waals surface area contributed by atoms with Crippen LogP contribution in [-0.2, 0) is 4.74 Å². The van der Waals surface area contributed by atoms with Gasteiger partial charge in [-0.05, 0) is 49.7 Å². The molecule has 0 spiro atoms. The molecule has 20 heavy (non-hydrogen) atoms. The molecule has 0 bridgehead atoms. The van der Waals surface area contributed by atoms with Crippen molar-refractivity contribution in [1.82, 2.24) is 10.4 Å². The molecule has 112 valence electrons. The number of nitrogens with zero attached hydrogens (tertiary/aromatic N) is 1. The van der Waals surface area contributed by atoms with E-state index in [1.165, 1.54) is 0 Å². The van der Waals surface area contributed by atoms with Crippen molar-refractivity contribution >= 4 is 0 Å². The maximum Gasteiger partial charge on any atom is 0.0886 e. The molecule has 1 aromatic heterocycles. The van der Waals surface area contributed by atoms with Crippen LogP contribution in [0.3, 0.4) is 0 Å². The number of methoxy groups -OCH3 is 1. The van der Waals surface area contributed by atoms with Gasteiger partial charge < -0.3 is 4.74 Å². The Morgan fingerprint density at radius 3 is 2.35 bits per heavy atom. The number of nitrogens with one attached hydrogen (secondary N) is 1. The van der Waals surface area contributed by atoms with E-state index in [9.17, 15) is 0 Å². The summed E-state index contributed by atoms with van der Waals surface area (Å²) in [5.41, 5.74) is 5.23. The normalized spacial score (nSPS) is 22.4. The largest absolute Gasteiger partial charge is 0.376 e. The van der Waals surface area contributed by atoms with E-state index in [-0.39, 0.29) is 11.6 Å². The first-order valence-electron chi connectivity index (χ1n) is 7.36. The average Bonchev–Trinajstić information content (AvgIpc) is 2.44. The van der Waals surface area contributed by atoms with Gasteiger partial charge in [-0.2, -0.15) is 0 Å². The molecule has 3 N–H and O–H groups in total. The lowest BCUT2D eigenvalue weighted by Gasteiger charge is -2.46. The molecule has 1 aromatic rings. The summed E-state index contributed by atoms with van der Waals surface area (Å²) >= 11 is 0. The van der Waals surface area contributed by atoms with Gasteiger partial charge in [0.25, 0.3) is 0 Å². The average molecular weight is 277 g/mol. The number of rotatable bonds is 4. The molecule has 0 saturated heterocycles. The zero-order valence-electron chi connectivity index (χ0n) is 13.1. The minimum absolute atomic E-state index is 0.0169. The van der Waals surface area contributed by atoms with Crippen LogP contribution in [0.2, 0.25) is 0 Å². The summed E-state index contributed by atoms with van der Waals surface area (Å²) in [5, 5.41) is 0. The Labute approximate surface area is 122 Å². The Bertz CT molecular complexity index is 432. The van der Waals surface area contributed by atoms with Gasteiger partial charge in [-0.3, -0.25) is 16.3 Å². The van der Waals surface area contributed by atoms with Crippen LogP contribution < -0.4 is 11.3 Å². The van der Waals surface area contributed by atoms with E-state index in [0.29, 0.717) is 5.41 Å². The van der Waals surface area contributed by atoms with Gasteiger partial charge in [-0.25, -0.2) is 0 Å². The van der Waals surface area contributed by atoms with Crippen LogP contribution in [0.4, 0.5) is 0 Å². The van der Waals surface area contributed by atoms with Gasteiger partial charge in [0.15, 0.2) is 0 Å². The van der Waals surface area contributed by atoms with Gasteiger partial charge >= 0.3 is 0 Å². The highest BCUT2D eigenvalue weighted by Gasteiger charge is 2.44. The maximum absolute atomic E-state index is 5.94. The summed E-state index contributed by atoms with van der Waals surface area (Å²) in [5.74, 6) is 5.84. The molecule has 0 aromatic carbocycles. The van der Waals surface area contributed by atoms with Gasteiger partial charge in [0.2, 0.25) is 0 Å². The van der Waals surface area contributed by atoms with E-state index in [1.54, 1.807) is 7.11 Å². The quantitative estimate of drug-likeness (QED) is 0.656. The summed E-state index contributed by atoms with van der Waals surface area (Å²) in [6.07, 6.45) is 6.23. The smallest absolute Gasteiger partial charge is 0.0886 e. The number of aromatic nitrogens is 1. The zero-order valence-corrected chi connectivity index (χ0v) is 13.1. The molecule has 0 radical (unpaired) electrons. The maximum atomic E-state index is 5.94. The lowest BCUT2D eigenvalue weighted by Crippen LogP contribution is -2.51. The van der Waals surface area contributed by atoms with Crippen LogP contribution in [0.1, 0.15) is 56.8 Å². The summed E-state index contributed by atoms with van der Waals surface area (Å²) in [6.45, 7) is 6.64. The fourth-order valence-electron chi connectivity index (χ4n) is 3.16. The molecule has 1 aliphatic carbocycles. The second-order valence-corrected chi connectivity index (χ2v) is 6.77. The van der Waals surface area contributed by atoms with Gasteiger partial charge in [-0.15, -0.1) is 0 Å². The number of hydrogen-bond acceptors (Lipinski definition) is 4. The molecule has 1 heterocycles. The topological polar surface area (TPSA) is 60.2 Å². The third-order valence-electron chi connectivity index (χ3n) is 4.82. The monoisotopic (exact) mass is 277 g/mol. The van der Waals surface area contributed by atoms with E-state index >= 15 is 0 Å². The minimum Gasteiger partial charge on any atom is -0.376 e. The molecule has 0 aliphatic heterocycles. The van der Waals surface area contributed by atoms with Crippen molar-refractivity contribution < 1.29 is 4.74 Å². The standard InChI is InChI=1S/C16H27N3O/c1-12-5-6-13(11-18-12)14(19-17)16(20-4)9-7-15(2,3)8-10-16/h5-6,11,14,19H,7-10,17H2,1-4H3. The number of nitrogens with two attached hydrogens (primary N) is 1. The third kappa shape index (κ3) is 3.03. The summed E-state index contributed by atoms with van der Waals surface area (Å²) in [4.78, 5) is 4.39. The van der Waals surface area contributed by atoms with Crippen molar-refractivity contribution in [3.63, 3.8) is 0 Å². The molecule has 1 unspecified atom stereocenters. The SMILES string of the molecule is COC1(C(NN)c2ccc(C)nc2)CCC(C)(C)CC1. The summed E-state index contributed by atoms with van der Waals surface area (Å²) in [6, 6.07) is 4.10. The minimum atomic E-state index is -0.235. The first-order valence-corrected chi connectivity index (χ1v) is 7.36. The fraction of sp³-hybridized carbons (Fsp3) is 0.688. The van der Waals surface area contributed by atoms with Crippen molar-refractivity contribution in [1.29, 1.82) is 0 Å². The first kappa shape index (κ1) is 15.4. The zero-order chi connectivity index (χ0) is 14.8. The molecule has 4 heteroatoms.